The van der Waals surface area contributed by atoms with Crippen LogP contribution in [0.5, 0.6) is 5.75 Å². The van der Waals surface area contributed by atoms with E-state index < -0.39 is 21.3 Å². The van der Waals surface area contributed by atoms with Crippen LogP contribution in [0.15, 0.2) is 65.6 Å². The smallest absolute Gasteiger partial charge is 0.178 e. The van der Waals surface area contributed by atoms with Gasteiger partial charge in [-0.25, -0.2) is 17.8 Å². The third-order valence-electron chi connectivity index (χ3n) is 6.39. The lowest BCUT2D eigenvalue weighted by atomic mass is 10.0. The number of ether oxygens (including phenoxy) is 1. The molecular weight excluding hydrogens is 527 g/mol. The van der Waals surface area contributed by atoms with Gasteiger partial charge >= 0.3 is 0 Å². The van der Waals surface area contributed by atoms with Gasteiger partial charge in [-0.3, -0.25) is 4.79 Å². The van der Waals surface area contributed by atoms with Gasteiger partial charge in [-0.2, -0.15) is 0 Å². The molecule has 0 spiro atoms. The van der Waals surface area contributed by atoms with E-state index in [0.717, 1.165) is 22.2 Å². The Labute approximate surface area is 227 Å². The number of ketones is 1. The molecule has 200 valence electrons. The minimum absolute atomic E-state index is 0.00692. The van der Waals surface area contributed by atoms with Crippen molar-refractivity contribution in [2.75, 3.05) is 5.75 Å². The molecule has 4 aromatic rings. The largest absolute Gasteiger partial charge is 0.477 e. The highest BCUT2D eigenvalue weighted by Crippen LogP contribution is 2.32. The number of nitrogens with zero attached hydrogens (tertiary/aromatic N) is 2. The summed E-state index contributed by atoms with van der Waals surface area (Å²) >= 11 is 5.87. The predicted molar refractivity (Wildman–Crippen MR) is 147 cm³/mol. The van der Waals surface area contributed by atoms with E-state index in [9.17, 15) is 17.6 Å². The van der Waals surface area contributed by atoms with E-state index in [0.29, 0.717) is 12.4 Å². The number of carbonyl (C=O) groups is 1. The van der Waals surface area contributed by atoms with E-state index in [-0.39, 0.29) is 40.0 Å². The van der Waals surface area contributed by atoms with Gasteiger partial charge < -0.3 is 9.30 Å². The molecule has 4 rings (SSSR count). The quantitative estimate of drug-likeness (QED) is 0.229. The van der Waals surface area contributed by atoms with Crippen molar-refractivity contribution >= 4 is 38.3 Å². The Hall–Kier alpha value is -3.23. The standard InChI is InChI=1S/C29H30ClFN2O4S/c1-5-33-26-13-9-20(16-22(34)15-19-7-11-23(12-8-19)38(35,36)6-2)17-25(26)32-28(33)29(3,4)37-27-14-10-21(30)18-24(27)31/h7-14,17-18H,5-6,15-16H2,1-4H3. The summed E-state index contributed by atoms with van der Waals surface area (Å²) in [6.07, 6.45) is 0.418. The zero-order valence-electron chi connectivity index (χ0n) is 21.8. The Morgan fingerprint density at radius 1 is 1.00 bits per heavy atom. The molecule has 0 unspecified atom stereocenters. The van der Waals surface area contributed by atoms with Gasteiger partial charge in [0.25, 0.3) is 0 Å². The van der Waals surface area contributed by atoms with E-state index >= 15 is 0 Å². The van der Waals surface area contributed by atoms with Crippen LogP contribution in [0.25, 0.3) is 11.0 Å². The lowest BCUT2D eigenvalue weighted by Crippen LogP contribution is -2.30. The maximum atomic E-state index is 14.4. The van der Waals surface area contributed by atoms with Crippen LogP contribution >= 0.6 is 11.6 Å². The Morgan fingerprint density at radius 3 is 2.29 bits per heavy atom. The number of imidazole rings is 1. The van der Waals surface area contributed by atoms with Gasteiger partial charge in [-0.05, 0) is 74.4 Å². The molecule has 0 saturated carbocycles. The minimum Gasteiger partial charge on any atom is -0.477 e. The van der Waals surface area contributed by atoms with E-state index in [1.807, 2.05) is 43.5 Å². The van der Waals surface area contributed by atoms with Crippen molar-refractivity contribution in [3.63, 3.8) is 0 Å². The number of sulfone groups is 1. The van der Waals surface area contributed by atoms with Crippen molar-refractivity contribution in [1.29, 1.82) is 0 Å². The average molecular weight is 557 g/mol. The molecule has 3 aromatic carbocycles. The molecule has 0 fully saturated rings. The third-order valence-corrected chi connectivity index (χ3v) is 8.38. The van der Waals surface area contributed by atoms with E-state index in [1.165, 1.54) is 12.1 Å². The Kier molecular flexibility index (Phi) is 7.95. The molecule has 0 atom stereocenters. The number of fused-ring (bicyclic) bond motifs is 1. The van der Waals surface area contributed by atoms with Crippen LogP contribution in [0, 0.1) is 5.82 Å². The molecular formula is C29H30ClFN2O4S. The van der Waals surface area contributed by atoms with E-state index in [2.05, 4.69) is 0 Å². The highest BCUT2D eigenvalue weighted by atomic mass is 35.5. The monoisotopic (exact) mass is 556 g/mol. The minimum atomic E-state index is -3.28. The average Bonchev–Trinajstić information content (AvgIpc) is 3.25. The Balaban J connectivity index is 1.54. The van der Waals surface area contributed by atoms with Crippen molar-refractivity contribution < 1.29 is 22.3 Å². The van der Waals surface area contributed by atoms with Crippen LogP contribution in [0.2, 0.25) is 5.02 Å². The van der Waals surface area contributed by atoms with Crippen LogP contribution in [-0.2, 0) is 39.6 Å². The number of hydrogen-bond acceptors (Lipinski definition) is 5. The van der Waals surface area contributed by atoms with Gasteiger partial charge in [0.05, 0.1) is 21.7 Å². The summed E-state index contributed by atoms with van der Waals surface area (Å²) in [6.45, 7) is 7.89. The van der Waals surface area contributed by atoms with Crippen LogP contribution in [0.3, 0.4) is 0 Å². The molecule has 0 saturated heterocycles. The fourth-order valence-electron chi connectivity index (χ4n) is 4.44. The first-order valence-corrected chi connectivity index (χ1v) is 14.4. The number of halogens is 2. The third kappa shape index (κ3) is 5.92. The number of hydrogen-bond donors (Lipinski definition) is 0. The molecule has 0 aliphatic rings. The van der Waals surface area contributed by atoms with Gasteiger partial charge in [0.15, 0.2) is 32.8 Å². The van der Waals surface area contributed by atoms with Crippen LogP contribution in [-0.4, -0.2) is 29.5 Å². The van der Waals surface area contributed by atoms with Crippen LogP contribution < -0.4 is 4.74 Å². The number of aromatic nitrogens is 2. The summed E-state index contributed by atoms with van der Waals surface area (Å²) in [4.78, 5) is 17.9. The number of aryl methyl sites for hydroxylation is 1. The number of benzene rings is 3. The van der Waals surface area contributed by atoms with Crippen molar-refractivity contribution in [2.45, 2.75) is 57.6 Å². The fourth-order valence-corrected chi connectivity index (χ4v) is 5.49. The molecule has 0 bridgehead atoms. The highest BCUT2D eigenvalue weighted by Gasteiger charge is 2.30. The van der Waals surface area contributed by atoms with Crippen LogP contribution in [0.4, 0.5) is 4.39 Å². The molecule has 1 aromatic heterocycles. The van der Waals surface area contributed by atoms with Crippen molar-refractivity contribution in [1.82, 2.24) is 9.55 Å². The van der Waals surface area contributed by atoms with Gasteiger partial charge in [0.1, 0.15) is 5.78 Å². The number of rotatable bonds is 10. The van der Waals surface area contributed by atoms with Crippen LogP contribution in [0.1, 0.15) is 44.6 Å². The predicted octanol–water partition coefficient (Wildman–Crippen LogP) is 6.31. The summed E-state index contributed by atoms with van der Waals surface area (Å²) in [5.41, 5.74) is 2.24. The molecule has 9 heteroatoms. The molecule has 0 amide bonds. The molecule has 0 N–H and O–H groups in total. The summed E-state index contributed by atoms with van der Waals surface area (Å²) in [5.74, 6) is 0.209. The molecule has 0 radical (unpaired) electrons. The van der Waals surface area contributed by atoms with Crippen molar-refractivity contribution in [3.8, 4) is 5.75 Å². The lowest BCUT2D eigenvalue weighted by molar-refractivity contribution is -0.117. The van der Waals surface area contributed by atoms with Gasteiger partial charge in [0, 0.05) is 24.4 Å². The highest BCUT2D eigenvalue weighted by molar-refractivity contribution is 7.91. The molecule has 6 nitrogen and oxygen atoms in total. The first-order valence-electron chi connectivity index (χ1n) is 12.4. The van der Waals surface area contributed by atoms with Crippen molar-refractivity contribution in [2.24, 2.45) is 0 Å². The normalized spacial score (nSPS) is 12.2. The summed E-state index contributed by atoms with van der Waals surface area (Å²) in [6, 6.07) is 16.5. The topological polar surface area (TPSA) is 78.3 Å². The van der Waals surface area contributed by atoms with Gasteiger partial charge in [-0.1, -0.05) is 36.7 Å². The summed E-state index contributed by atoms with van der Waals surface area (Å²) in [5, 5.41) is 0.289. The maximum absolute atomic E-state index is 14.4. The zero-order chi connectivity index (χ0) is 27.7. The lowest BCUT2D eigenvalue weighted by Gasteiger charge is -2.27. The second kappa shape index (κ2) is 10.9. The second-order valence-electron chi connectivity index (χ2n) is 9.63. The Bertz CT molecular complexity index is 1600. The fraction of sp³-hybridized carbons (Fsp3) is 0.310. The van der Waals surface area contributed by atoms with E-state index in [1.54, 1.807) is 37.3 Å². The maximum Gasteiger partial charge on any atom is 0.178 e. The summed E-state index contributed by atoms with van der Waals surface area (Å²) in [7, 11) is -3.28. The van der Waals surface area contributed by atoms with Gasteiger partial charge in [0.2, 0.25) is 0 Å². The van der Waals surface area contributed by atoms with E-state index in [4.69, 9.17) is 21.3 Å². The first-order chi connectivity index (χ1) is 17.9. The molecule has 1 heterocycles. The first kappa shape index (κ1) is 27.8. The summed E-state index contributed by atoms with van der Waals surface area (Å²) < 4.78 is 46.5. The molecule has 38 heavy (non-hydrogen) atoms. The molecule has 0 aliphatic carbocycles. The SMILES string of the molecule is CCn1c(C(C)(C)Oc2ccc(Cl)cc2F)nc2cc(CC(=O)Cc3ccc(S(=O)(=O)CC)cc3)ccc21. The van der Waals surface area contributed by atoms with Gasteiger partial charge in [-0.15, -0.1) is 0 Å². The molecule has 0 aliphatic heterocycles. The number of carbonyl (C=O) groups excluding carboxylic acids is 1. The van der Waals surface area contributed by atoms with Crippen molar-refractivity contribution in [3.05, 3.63) is 88.5 Å². The second-order valence-corrected chi connectivity index (χ2v) is 12.3. The number of Topliss-reactive ketones (excluding diaryl/α,β-unsaturated/α-hetero) is 1. The zero-order valence-corrected chi connectivity index (χ0v) is 23.4. The Morgan fingerprint density at radius 2 is 1.66 bits per heavy atom.